The van der Waals surface area contributed by atoms with Gasteiger partial charge in [-0.05, 0) is 42.0 Å². The molecule has 0 aliphatic heterocycles. The molecule has 0 spiro atoms. The second-order valence-electron chi connectivity index (χ2n) is 5.59. The molecule has 3 aromatic rings. The molecule has 1 heterocycles. The summed E-state index contributed by atoms with van der Waals surface area (Å²) in [6, 6.07) is 13.7. The van der Waals surface area contributed by atoms with Gasteiger partial charge in [0.25, 0.3) is 0 Å². The molecule has 1 aromatic heterocycles. The van der Waals surface area contributed by atoms with E-state index in [1.807, 2.05) is 66.4 Å². The number of hydrogen-bond acceptors (Lipinski definition) is 3. The maximum absolute atomic E-state index is 6.45. The third kappa shape index (κ3) is 5.86. The molecule has 1 atom stereocenters. The van der Waals surface area contributed by atoms with Gasteiger partial charge in [-0.15, -0.1) is 11.8 Å². The van der Waals surface area contributed by atoms with Crippen LogP contribution in [0.25, 0.3) is 0 Å². The van der Waals surface area contributed by atoms with Gasteiger partial charge in [-0.1, -0.05) is 40.9 Å². The number of thioether (sulfide) groups is 2. The molecule has 0 aliphatic carbocycles. The van der Waals surface area contributed by atoms with Gasteiger partial charge in [-0.25, -0.2) is 4.98 Å². The Bertz CT molecular complexity index is 823. The number of nitrogens with zero attached hydrogens (tertiary/aromatic N) is 2. The number of benzene rings is 2. The maximum atomic E-state index is 6.45. The average molecular weight is 444 g/mol. The third-order valence-corrected chi connectivity index (χ3v) is 7.06. The Labute approximate surface area is 177 Å². The highest BCUT2D eigenvalue weighted by Gasteiger charge is 2.16. The van der Waals surface area contributed by atoms with Crippen molar-refractivity contribution >= 4 is 58.3 Å². The van der Waals surface area contributed by atoms with E-state index >= 15 is 0 Å². The van der Waals surface area contributed by atoms with Gasteiger partial charge in [0.15, 0.2) is 0 Å². The molecule has 2 aromatic carbocycles. The van der Waals surface area contributed by atoms with E-state index < -0.39 is 0 Å². The van der Waals surface area contributed by atoms with Crippen LogP contribution < -0.4 is 0 Å². The lowest BCUT2D eigenvalue weighted by molar-refractivity contribution is 0.684. The molecule has 0 bridgehead atoms. The van der Waals surface area contributed by atoms with Gasteiger partial charge in [0.05, 0.1) is 6.33 Å². The van der Waals surface area contributed by atoms with E-state index in [0.29, 0.717) is 10.0 Å². The second kappa shape index (κ2) is 9.95. The first kappa shape index (κ1) is 20.0. The van der Waals surface area contributed by atoms with Crippen LogP contribution in [0, 0.1) is 0 Å². The molecule has 0 saturated heterocycles. The Morgan fingerprint density at radius 2 is 1.73 bits per heavy atom. The summed E-state index contributed by atoms with van der Waals surface area (Å²) in [7, 11) is 0. The summed E-state index contributed by atoms with van der Waals surface area (Å²) in [4.78, 5) is 5.36. The van der Waals surface area contributed by atoms with Crippen molar-refractivity contribution in [3.05, 3.63) is 81.8 Å². The lowest BCUT2D eigenvalue weighted by Crippen LogP contribution is -2.07. The fraction of sp³-hybridized carbons (Fsp3) is 0.211. The van der Waals surface area contributed by atoms with Crippen molar-refractivity contribution in [3.8, 4) is 0 Å². The van der Waals surface area contributed by atoms with Crippen LogP contribution in [0.5, 0.6) is 0 Å². The smallest absolute Gasteiger partial charge is 0.0946 e. The van der Waals surface area contributed by atoms with Crippen LogP contribution in [0.3, 0.4) is 0 Å². The monoisotopic (exact) mass is 442 g/mol. The van der Waals surface area contributed by atoms with Crippen LogP contribution in [0.15, 0.2) is 66.1 Å². The summed E-state index contributed by atoms with van der Waals surface area (Å²) in [6.07, 6.45) is 5.60. The minimum Gasteiger partial charge on any atom is -0.336 e. The van der Waals surface area contributed by atoms with Crippen molar-refractivity contribution in [2.45, 2.75) is 16.7 Å². The molecule has 0 radical (unpaired) electrons. The SMILES string of the molecule is Clc1ccc(SCCSC(Cn2ccnc2)c2ccc(Cl)cc2Cl)cc1. The number of halogens is 3. The second-order valence-corrected chi connectivity index (χ2v) is 9.35. The van der Waals surface area contributed by atoms with E-state index in [2.05, 4.69) is 21.7 Å². The minimum absolute atomic E-state index is 0.236. The first-order chi connectivity index (χ1) is 12.6. The molecular formula is C19H17Cl3N2S2. The molecule has 2 nitrogen and oxygen atoms in total. The molecule has 3 rings (SSSR count). The first-order valence-corrected chi connectivity index (χ1v) is 11.2. The van der Waals surface area contributed by atoms with Crippen LogP contribution >= 0.6 is 58.3 Å². The first-order valence-electron chi connectivity index (χ1n) is 8.02. The fourth-order valence-corrected chi connectivity index (χ4v) is 5.43. The minimum atomic E-state index is 0.236. The van der Waals surface area contributed by atoms with Crippen molar-refractivity contribution in [2.75, 3.05) is 11.5 Å². The highest BCUT2D eigenvalue weighted by atomic mass is 35.5. The average Bonchev–Trinajstić information content (AvgIpc) is 3.12. The number of imidazole rings is 1. The molecule has 26 heavy (non-hydrogen) atoms. The summed E-state index contributed by atoms with van der Waals surface area (Å²) in [5, 5.41) is 2.37. The molecule has 0 saturated carbocycles. The topological polar surface area (TPSA) is 17.8 Å². The van der Waals surface area contributed by atoms with Crippen molar-refractivity contribution in [1.82, 2.24) is 9.55 Å². The Morgan fingerprint density at radius 1 is 0.962 bits per heavy atom. The van der Waals surface area contributed by atoms with Gasteiger partial charge in [0, 0.05) is 55.7 Å². The molecule has 1 unspecified atom stereocenters. The van der Waals surface area contributed by atoms with Gasteiger partial charge in [-0.2, -0.15) is 11.8 Å². The molecule has 136 valence electrons. The molecule has 0 aliphatic rings. The quantitative estimate of drug-likeness (QED) is 0.273. The zero-order valence-corrected chi connectivity index (χ0v) is 17.7. The van der Waals surface area contributed by atoms with Crippen molar-refractivity contribution in [1.29, 1.82) is 0 Å². The Kier molecular flexibility index (Phi) is 7.64. The molecular weight excluding hydrogens is 427 g/mol. The Balaban J connectivity index is 1.62. The van der Waals surface area contributed by atoms with Crippen molar-refractivity contribution in [3.63, 3.8) is 0 Å². The summed E-state index contributed by atoms with van der Waals surface area (Å²) in [6.45, 7) is 0.817. The van der Waals surface area contributed by atoms with Crippen LogP contribution in [0.4, 0.5) is 0 Å². The standard InChI is InChI=1S/C19H17Cl3N2S2/c20-14-1-4-16(5-2-14)25-9-10-26-19(12-24-8-7-23-13-24)17-6-3-15(21)11-18(17)22/h1-8,11,13,19H,9-10,12H2. The Hall–Kier alpha value is -0.780. The number of rotatable bonds is 8. The summed E-state index contributed by atoms with van der Waals surface area (Å²) >= 11 is 22.2. The Morgan fingerprint density at radius 3 is 2.42 bits per heavy atom. The van der Waals surface area contributed by atoms with Crippen molar-refractivity contribution in [2.24, 2.45) is 0 Å². The van der Waals surface area contributed by atoms with E-state index in [1.165, 1.54) is 4.90 Å². The molecule has 0 N–H and O–H groups in total. The third-order valence-electron chi connectivity index (χ3n) is 3.73. The zero-order chi connectivity index (χ0) is 18.4. The zero-order valence-electron chi connectivity index (χ0n) is 13.8. The molecule has 0 amide bonds. The summed E-state index contributed by atoms with van der Waals surface area (Å²) in [5.74, 6) is 2.02. The van der Waals surface area contributed by atoms with Gasteiger partial charge in [0.1, 0.15) is 0 Å². The van der Waals surface area contributed by atoms with Gasteiger partial charge >= 0.3 is 0 Å². The molecule has 7 heteroatoms. The molecule has 0 fully saturated rings. The van der Waals surface area contributed by atoms with Gasteiger partial charge < -0.3 is 4.57 Å². The van der Waals surface area contributed by atoms with Crippen LogP contribution in [-0.4, -0.2) is 21.1 Å². The highest BCUT2D eigenvalue weighted by Crippen LogP contribution is 2.37. The summed E-state index contributed by atoms with van der Waals surface area (Å²) in [5.41, 5.74) is 1.10. The number of hydrogen-bond donors (Lipinski definition) is 0. The van der Waals surface area contributed by atoms with Gasteiger partial charge in [0.2, 0.25) is 0 Å². The van der Waals surface area contributed by atoms with Crippen LogP contribution in [-0.2, 0) is 6.54 Å². The van der Waals surface area contributed by atoms with Crippen LogP contribution in [0.1, 0.15) is 10.8 Å². The largest absolute Gasteiger partial charge is 0.336 e. The highest BCUT2D eigenvalue weighted by molar-refractivity contribution is 8.03. The maximum Gasteiger partial charge on any atom is 0.0946 e. The van der Waals surface area contributed by atoms with E-state index in [-0.39, 0.29) is 5.25 Å². The predicted molar refractivity (Wildman–Crippen MR) is 116 cm³/mol. The lowest BCUT2D eigenvalue weighted by Gasteiger charge is -2.19. The van der Waals surface area contributed by atoms with E-state index in [9.17, 15) is 0 Å². The van der Waals surface area contributed by atoms with E-state index in [0.717, 1.165) is 28.6 Å². The lowest BCUT2D eigenvalue weighted by atomic mass is 10.1. The number of aromatic nitrogens is 2. The fourth-order valence-electron chi connectivity index (χ4n) is 2.47. The van der Waals surface area contributed by atoms with Gasteiger partial charge in [-0.3, -0.25) is 0 Å². The van der Waals surface area contributed by atoms with Crippen molar-refractivity contribution < 1.29 is 0 Å². The van der Waals surface area contributed by atoms with Crippen LogP contribution in [0.2, 0.25) is 15.1 Å². The predicted octanol–water partition coefficient (Wildman–Crippen LogP) is 7.11. The van der Waals surface area contributed by atoms with E-state index in [4.69, 9.17) is 34.8 Å². The normalized spacial score (nSPS) is 12.3. The van der Waals surface area contributed by atoms with E-state index in [1.54, 1.807) is 6.20 Å². The summed E-state index contributed by atoms with van der Waals surface area (Å²) < 4.78 is 2.08.